The number of hydrogen-bond donors (Lipinski definition) is 6. The van der Waals surface area contributed by atoms with Gasteiger partial charge in [0.05, 0.1) is 35.4 Å². The Kier molecular flexibility index (Phi) is 9.76. The summed E-state index contributed by atoms with van der Waals surface area (Å²) >= 11 is 0. The number of nitroso groups, excluding NO2 is 2. The van der Waals surface area contributed by atoms with Crippen molar-refractivity contribution in [2.45, 2.75) is 112 Å². The summed E-state index contributed by atoms with van der Waals surface area (Å²) in [5, 5.41) is 40.5. The predicted octanol–water partition coefficient (Wildman–Crippen LogP) is -2.54. The minimum absolute atomic E-state index is 0.200. The SMILES string of the molecule is CC([C@@H]1CC[C@@H](N)[C@@H](O[C@H]2[C@@H](O)[C@@H](O[C@H]3OC[C@](C)(O)[C@H](N(C)N=O)[C@@H]3O)[C@H](N)C[C@@H]2N)O1)N(C)N=O. The minimum atomic E-state index is -1.60. The molecule has 1 aliphatic carbocycles. The Morgan fingerprint density at radius 3 is 2.14 bits per heavy atom. The lowest BCUT2D eigenvalue weighted by Gasteiger charge is -2.49. The second-order valence-electron chi connectivity index (χ2n) is 10.6. The maximum atomic E-state index is 11.2. The van der Waals surface area contributed by atoms with Gasteiger partial charge in [-0.3, -0.25) is 10.0 Å². The van der Waals surface area contributed by atoms with Crippen molar-refractivity contribution in [1.82, 2.24) is 10.0 Å². The average molecular weight is 536 g/mol. The van der Waals surface area contributed by atoms with E-state index in [-0.39, 0.29) is 19.1 Å². The molecule has 0 aromatic carbocycles. The van der Waals surface area contributed by atoms with Crippen LogP contribution in [0, 0.1) is 9.81 Å². The van der Waals surface area contributed by atoms with Crippen LogP contribution < -0.4 is 17.2 Å². The van der Waals surface area contributed by atoms with Crippen LogP contribution in [0.25, 0.3) is 0 Å². The van der Waals surface area contributed by atoms with E-state index in [0.29, 0.717) is 12.8 Å². The van der Waals surface area contributed by atoms with Crippen molar-refractivity contribution in [2.24, 2.45) is 27.8 Å². The van der Waals surface area contributed by atoms with Crippen LogP contribution in [0.3, 0.4) is 0 Å². The van der Waals surface area contributed by atoms with Crippen LogP contribution >= 0.6 is 0 Å². The fourth-order valence-corrected chi connectivity index (χ4v) is 5.33. The van der Waals surface area contributed by atoms with E-state index >= 15 is 0 Å². The zero-order valence-corrected chi connectivity index (χ0v) is 21.6. The second kappa shape index (κ2) is 12.1. The number of aliphatic hydroxyl groups is 3. The fraction of sp³-hybridized carbons (Fsp3) is 1.00. The molecule has 2 heterocycles. The number of rotatable bonds is 9. The summed E-state index contributed by atoms with van der Waals surface area (Å²) in [6, 6.07) is -3.41. The highest BCUT2D eigenvalue weighted by Crippen LogP contribution is 2.33. The Morgan fingerprint density at radius 1 is 0.973 bits per heavy atom. The zero-order valence-electron chi connectivity index (χ0n) is 21.6. The van der Waals surface area contributed by atoms with Crippen LogP contribution in [-0.2, 0) is 18.9 Å². The molecular weight excluding hydrogens is 494 g/mol. The topological polar surface area (TPSA) is 241 Å². The van der Waals surface area contributed by atoms with Crippen molar-refractivity contribution in [3.63, 3.8) is 0 Å². The molecule has 1 saturated carbocycles. The van der Waals surface area contributed by atoms with Gasteiger partial charge in [0.15, 0.2) is 12.6 Å². The summed E-state index contributed by atoms with van der Waals surface area (Å²) in [6.07, 6.45) is -6.24. The number of hydrogen-bond acceptors (Lipinski definition) is 14. The minimum Gasteiger partial charge on any atom is -0.388 e. The highest BCUT2D eigenvalue weighted by Gasteiger charge is 2.52. The smallest absolute Gasteiger partial charge is 0.186 e. The van der Waals surface area contributed by atoms with E-state index < -0.39 is 72.9 Å². The van der Waals surface area contributed by atoms with E-state index in [9.17, 15) is 25.1 Å². The van der Waals surface area contributed by atoms with E-state index in [1.807, 2.05) is 0 Å². The molecular formula is C21H41N7O9. The first kappa shape index (κ1) is 29.9. The molecule has 2 saturated heterocycles. The number of nitrogens with two attached hydrogens (primary N) is 3. The molecule has 3 rings (SSSR count). The fourth-order valence-electron chi connectivity index (χ4n) is 5.33. The van der Waals surface area contributed by atoms with Gasteiger partial charge in [0, 0.05) is 26.2 Å². The number of aliphatic hydroxyl groups excluding tert-OH is 2. The zero-order chi connectivity index (χ0) is 27.7. The van der Waals surface area contributed by atoms with E-state index in [1.165, 1.54) is 19.0 Å². The van der Waals surface area contributed by atoms with Gasteiger partial charge in [-0.15, -0.1) is 9.81 Å². The third-order valence-corrected chi connectivity index (χ3v) is 7.65. The van der Waals surface area contributed by atoms with Gasteiger partial charge in [-0.1, -0.05) is 0 Å². The number of likely N-dealkylation sites (N-methyl/N-ethyl adjacent to an activating group) is 2. The maximum Gasteiger partial charge on any atom is 0.186 e. The van der Waals surface area contributed by atoms with Crippen molar-refractivity contribution in [2.75, 3.05) is 20.7 Å². The Morgan fingerprint density at radius 2 is 1.57 bits per heavy atom. The van der Waals surface area contributed by atoms with Crippen LogP contribution in [-0.4, -0.2) is 125 Å². The first-order valence-corrected chi connectivity index (χ1v) is 12.4. The largest absolute Gasteiger partial charge is 0.388 e. The van der Waals surface area contributed by atoms with Crippen LogP contribution in [0.4, 0.5) is 0 Å². The molecule has 0 radical (unpaired) electrons. The van der Waals surface area contributed by atoms with Crippen LogP contribution in [0.5, 0.6) is 0 Å². The third kappa shape index (κ3) is 6.35. The standard InChI is InChI=1S/C21H41N7O9/c1-9(27(3)25-32)13-6-5-10(22)19(35-13)36-16-11(23)7-12(24)17(14(16)29)37-20-15(30)18(28(4)26-33)21(2,31)8-34-20/h9-20,29-31H,5-8,22-24H2,1-4H3/t9?,10-,11+,12-,13+,14-,15+,16-,17+,18-,19-,20-,21+/m1/s1. The van der Waals surface area contributed by atoms with Crippen molar-refractivity contribution in [1.29, 1.82) is 0 Å². The Labute approximate surface area is 215 Å². The monoisotopic (exact) mass is 535 g/mol. The molecule has 0 aromatic rings. The van der Waals surface area contributed by atoms with Crippen molar-refractivity contribution >= 4 is 0 Å². The summed E-state index contributed by atoms with van der Waals surface area (Å²) in [6.45, 7) is 2.92. The second-order valence-corrected chi connectivity index (χ2v) is 10.6. The average Bonchev–Trinajstić information content (AvgIpc) is 2.85. The maximum absolute atomic E-state index is 11.2. The molecule has 16 heteroatoms. The molecule has 0 amide bonds. The van der Waals surface area contributed by atoms with Gasteiger partial charge in [-0.2, -0.15) is 0 Å². The lowest BCUT2D eigenvalue weighted by molar-refractivity contribution is -0.315. The van der Waals surface area contributed by atoms with E-state index in [1.54, 1.807) is 14.0 Å². The van der Waals surface area contributed by atoms with Gasteiger partial charge >= 0.3 is 0 Å². The lowest BCUT2D eigenvalue weighted by Crippen LogP contribution is -2.68. The molecule has 0 bridgehead atoms. The predicted molar refractivity (Wildman–Crippen MR) is 129 cm³/mol. The molecule has 1 unspecified atom stereocenters. The van der Waals surface area contributed by atoms with Gasteiger partial charge in [0.1, 0.15) is 36.1 Å². The van der Waals surface area contributed by atoms with Gasteiger partial charge in [0.2, 0.25) is 0 Å². The van der Waals surface area contributed by atoms with E-state index in [0.717, 1.165) is 5.01 Å². The van der Waals surface area contributed by atoms with Crippen LogP contribution in [0.15, 0.2) is 10.6 Å². The molecule has 9 N–H and O–H groups in total. The summed E-state index contributed by atoms with van der Waals surface area (Å²) in [4.78, 5) is 22.0. The Hall–Kier alpha value is -1.60. The van der Waals surface area contributed by atoms with Gasteiger partial charge in [-0.05, 0) is 33.1 Å². The summed E-state index contributed by atoms with van der Waals surface area (Å²) < 4.78 is 23.5. The van der Waals surface area contributed by atoms with E-state index in [2.05, 4.69) is 10.6 Å². The van der Waals surface area contributed by atoms with Crippen molar-refractivity contribution < 1.29 is 34.3 Å². The normalized spacial score (nSPS) is 45.6. The molecule has 3 aliphatic rings. The van der Waals surface area contributed by atoms with E-state index in [4.69, 9.17) is 36.1 Å². The summed E-state index contributed by atoms with van der Waals surface area (Å²) in [5.74, 6) is 0. The van der Waals surface area contributed by atoms with Crippen LogP contribution in [0.1, 0.15) is 33.1 Å². The van der Waals surface area contributed by atoms with Gasteiger partial charge in [-0.25, -0.2) is 0 Å². The quantitative estimate of drug-likeness (QED) is 0.132. The van der Waals surface area contributed by atoms with Crippen molar-refractivity contribution in [3.8, 4) is 0 Å². The first-order chi connectivity index (χ1) is 17.3. The highest BCUT2D eigenvalue weighted by atomic mass is 16.7. The Bertz CT molecular complexity index is 783. The molecule has 0 spiro atoms. The summed E-state index contributed by atoms with van der Waals surface area (Å²) in [7, 11) is 2.86. The molecule has 2 aliphatic heterocycles. The third-order valence-electron chi connectivity index (χ3n) is 7.65. The van der Waals surface area contributed by atoms with Crippen LogP contribution in [0.2, 0.25) is 0 Å². The molecule has 37 heavy (non-hydrogen) atoms. The molecule has 13 atom stereocenters. The number of ether oxygens (including phenoxy) is 4. The molecule has 3 fully saturated rings. The summed E-state index contributed by atoms with van der Waals surface area (Å²) in [5.41, 5.74) is 17.1. The molecule has 214 valence electrons. The van der Waals surface area contributed by atoms with Gasteiger partial charge < -0.3 is 51.5 Å². The molecule has 0 aromatic heterocycles. The Balaban J connectivity index is 1.71. The lowest BCUT2D eigenvalue weighted by atomic mass is 9.84. The number of nitrogens with zero attached hydrogens (tertiary/aromatic N) is 4. The highest BCUT2D eigenvalue weighted by molar-refractivity contribution is 5.02. The van der Waals surface area contributed by atoms with Crippen molar-refractivity contribution in [3.05, 3.63) is 9.81 Å². The van der Waals surface area contributed by atoms with Gasteiger partial charge in [0.25, 0.3) is 0 Å². The first-order valence-electron chi connectivity index (χ1n) is 12.4. The molecule has 16 nitrogen and oxygen atoms in total.